The predicted molar refractivity (Wildman–Crippen MR) is 159 cm³/mol. The molecule has 4 heterocycles. The monoisotopic (exact) mass is 557 g/mol. The average Bonchev–Trinajstić information content (AvgIpc) is 3.88. The van der Waals surface area contributed by atoms with Crippen molar-refractivity contribution in [3.05, 3.63) is 95.8 Å². The van der Waals surface area contributed by atoms with Crippen molar-refractivity contribution in [2.45, 2.75) is 0 Å². The van der Waals surface area contributed by atoms with E-state index in [2.05, 4.69) is 46.6 Å². The van der Waals surface area contributed by atoms with Crippen LogP contribution < -0.4 is 16.0 Å². The van der Waals surface area contributed by atoms with Gasteiger partial charge in [-0.2, -0.15) is 0 Å². The molecule has 3 N–H and O–H groups in total. The van der Waals surface area contributed by atoms with E-state index in [1.807, 2.05) is 67.0 Å². The van der Waals surface area contributed by atoms with Crippen LogP contribution >= 0.6 is 0 Å². The summed E-state index contributed by atoms with van der Waals surface area (Å²) in [5.74, 6) is 1.60. The topological polar surface area (TPSA) is 139 Å². The molecule has 0 fully saturated rings. The van der Waals surface area contributed by atoms with Crippen LogP contribution in [0, 0.1) is 0 Å². The van der Waals surface area contributed by atoms with Gasteiger partial charge in [0.15, 0.2) is 0 Å². The maximum absolute atomic E-state index is 12.7. The number of amides is 1. The molecule has 208 valence electrons. The van der Waals surface area contributed by atoms with Crippen LogP contribution in [0.15, 0.2) is 89.1 Å². The third kappa shape index (κ3) is 4.89. The van der Waals surface area contributed by atoms with Crippen molar-refractivity contribution in [1.29, 1.82) is 0 Å². The zero-order valence-corrected chi connectivity index (χ0v) is 22.8. The molecule has 0 aliphatic carbocycles. The minimum atomic E-state index is -0.225. The van der Waals surface area contributed by atoms with Crippen molar-refractivity contribution in [2.75, 3.05) is 33.2 Å². The van der Waals surface area contributed by atoms with E-state index in [1.165, 1.54) is 0 Å². The number of aliphatic imine (C=N–C) groups is 2. The molecule has 0 saturated heterocycles. The van der Waals surface area contributed by atoms with Crippen LogP contribution in [0.1, 0.15) is 21.5 Å². The number of hydrogen-bond donors (Lipinski definition) is 3. The second-order valence-electron chi connectivity index (χ2n) is 9.88. The summed E-state index contributed by atoms with van der Waals surface area (Å²) in [6.45, 7) is 3.31. The number of amidine groups is 2. The molecule has 7 rings (SSSR count). The van der Waals surface area contributed by atoms with E-state index in [1.54, 1.807) is 28.5 Å². The Balaban J connectivity index is 1.18. The Bertz CT molecular complexity index is 1710. The molecule has 2 aromatic heterocycles. The number of hydrogen-bond acceptors (Lipinski definition) is 9. The minimum absolute atomic E-state index is 0.225. The van der Waals surface area contributed by atoms with Gasteiger partial charge in [-0.25, -0.2) is 9.36 Å². The second kappa shape index (κ2) is 10.7. The van der Waals surface area contributed by atoms with Crippen molar-refractivity contribution < 1.29 is 4.79 Å². The Morgan fingerprint density at radius 3 is 1.55 bits per heavy atom. The van der Waals surface area contributed by atoms with Crippen LogP contribution in [0.5, 0.6) is 0 Å². The van der Waals surface area contributed by atoms with Crippen molar-refractivity contribution in [3.8, 4) is 33.9 Å². The van der Waals surface area contributed by atoms with Crippen LogP contribution in [0.4, 0.5) is 0 Å². The zero-order chi connectivity index (χ0) is 28.5. The summed E-state index contributed by atoms with van der Waals surface area (Å²) in [6.07, 6.45) is 3.68. The Hall–Kier alpha value is -5.65. The van der Waals surface area contributed by atoms with E-state index in [0.717, 1.165) is 60.1 Å². The Morgan fingerprint density at radius 1 is 0.690 bits per heavy atom. The first-order valence-electron chi connectivity index (χ1n) is 13.7. The van der Waals surface area contributed by atoms with Crippen LogP contribution in [0.3, 0.4) is 0 Å². The van der Waals surface area contributed by atoms with Crippen LogP contribution in [-0.4, -0.2) is 80.8 Å². The van der Waals surface area contributed by atoms with Gasteiger partial charge >= 0.3 is 0 Å². The first-order valence-corrected chi connectivity index (χ1v) is 13.7. The normalized spacial score (nSPS) is 14.2. The van der Waals surface area contributed by atoms with Gasteiger partial charge in [-0.1, -0.05) is 59.0 Å². The SMILES string of the molecule is CNC(=O)c1cc(-n2cc(-c3ccc(C4=NCCN4)cc3)nn2)cc(-n2cc(-c3ccc(C4=NCCN4)cc3)nn2)c1. The molecule has 12 nitrogen and oxygen atoms in total. The van der Waals surface area contributed by atoms with E-state index in [9.17, 15) is 4.79 Å². The molecule has 42 heavy (non-hydrogen) atoms. The Kier molecular flexibility index (Phi) is 6.47. The number of carbonyl (C=O) groups is 1. The summed E-state index contributed by atoms with van der Waals surface area (Å²) >= 11 is 0. The van der Waals surface area contributed by atoms with Crippen LogP contribution in [0.2, 0.25) is 0 Å². The number of nitrogens with zero attached hydrogens (tertiary/aromatic N) is 8. The molecule has 0 atom stereocenters. The van der Waals surface area contributed by atoms with E-state index in [4.69, 9.17) is 0 Å². The molecule has 0 spiro atoms. The van der Waals surface area contributed by atoms with Gasteiger partial charge in [0.1, 0.15) is 23.1 Å². The third-order valence-corrected chi connectivity index (χ3v) is 7.16. The molecule has 0 radical (unpaired) electrons. The van der Waals surface area contributed by atoms with Crippen LogP contribution in [-0.2, 0) is 0 Å². The maximum atomic E-state index is 12.7. The van der Waals surface area contributed by atoms with Gasteiger partial charge in [0.25, 0.3) is 5.91 Å². The number of benzene rings is 3. The van der Waals surface area contributed by atoms with Gasteiger partial charge in [0.2, 0.25) is 0 Å². The fourth-order valence-corrected chi connectivity index (χ4v) is 4.96. The largest absolute Gasteiger partial charge is 0.368 e. The predicted octanol–water partition coefficient (Wildman–Crippen LogP) is 2.24. The van der Waals surface area contributed by atoms with Gasteiger partial charge < -0.3 is 16.0 Å². The van der Waals surface area contributed by atoms with Crippen molar-refractivity contribution in [3.63, 3.8) is 0 Å². The summed E-state index contributed by atoms with van der Waals surface area (Å²) in [4.78, 5) is 21.6. The molecular formula is C30H27N11O. The molecule has 2 aliphatic heterocycles. The van der Waals surface area contributed by atoms with Gasteiger partial charge in [-0.15, -0.1) is 10.2 Å². The van der Waals surface area contributed by atoms with Gasteiger partial charge in [-0.3, -0.25) is 14.8 Å². The van der Waals surface area contributed by atoms with E-state index in [-0.39, 0.29) is 5.91 Å². The van der Waals surface area contributed by atoms with Gasteiger partial charge in [0.05, 0.1) is 36.9 Å². The molecule has 2 aliphatic rings. The highest BCUT2D eigenvalue weighted by Gasteiger charge is 2.15. The van der Waals surface area contributed by atoms with Crippen molar-refractivity contribution in [2.24, 2.45) is 9.98 Å². The van der Waals surface area contributed by atoms with Crippen molar-refractivity contribution >= 4 is 17.6 Å². The lowest BCUT2D eigenvalue weighted by atomic mass is 10.1. The summed E-state index contributed by atoms with van der Waals surface area (Å²) in [5, 5.41) is 26.8. The fourth-order valence-electron chi connectivity index (χ4n) is 4.96. The number of aromatic nitrogens is 6. The zero-order valence-electron chi connectivity index (χ0n) is 22.8. The lowest BCUT2D eigenvalue weighted by molar-refractivity contribution is 0.0963. The van der Waals surface area contributed by atoms with Crippen LogP contribution in [0.25, 0.3) is 33.9 Å². The number of rotatable bonds is 7. The standard InChI is InChI=1S/C30H27N11O/c1-31-30(42)23-14-24(40-17-26(36-38-40)19-2-6-21(7-3-19)28-32-10-11-33-28)16-25(15-23)41-18-27(37-39-41)20-4-8-22(9-5-20)29-34-12-13-35-29/h2-9,14-18H,10-13H2,1H3,(H,31,42)(H,32,33)(H,34,35). The summed E-state index contributed by atoms with van der Waals surface area (Å²) < 4.78 is 3.30. The third-order valence-electron chi connectivity index (χ3n) is 7.16. The lowest BCUT2D eigenvalue weighted by Gasteiger charge is -2.09. The summed E-state index contributed by atoms with van der Waals surface area (Å²) in [6, 6.07) is 21.5. The smallest absolute Gasteiger partial charge is 0.251 e. The molecule has 12 heteroatoms. The summed E-state index contributed by atoms with van der Waals surface area (Å²) in [5.41, 5.74) is 7.13. The fraction of sp³-hybridized carbons (Fsp3) is 0.167. The first kappa shape index (κ1) is 25.3. The maximum Gasteiger partial charge on any atom is 0.251 e. The number of carbonyl (C=O) groups excluding carboxylic acids is 1. The Morgan fingerprint density at radius 2 is 1.14 bits per heavy atom. The van der Waals surface area contributed by atoms with Gasteiger partial charge in [-0.05, 0) is 18.2 Å². The van der Waals surface area contributed by atoms with Crippen molar-refractivity contribution in [1.82, 2.24) is 45.9 Å². The molecule has 0 saturated carbocycles. The quantitative estimate of drug-likeness (QED) is 0.279. The average molecular weight is 558 g/mol. The van der Waals surface area contributed by atoms with E-state index in [0.29, 0.717) is 28.3 Å². The first-order chi connectivity index (χ1) is 20.6. The molecule has 0 bridgehead atoms. The lowest BCUT2D eigenvalue weighted by Crippen LogP contribution is -2.19. The Labute approximate surface area is 241 Å². The molecule has 1 amide bonds. The van der Waals surface area contributed by atoms with E-state index >= 15 is 0 Å². The molecule has 0 unspecified atom stereocenters. The molecule has 5 aromatic rings. The second-order valence-corrected chi connectivity index (χ2v) is 9.88. The highest BCUT2D eigenvalue weighted by atomic mass is 16.1. The molecular weight excluding hydrogens is 530 g/mol. The minimum Gasteiger partial charge on any atom is -0.368 e. The summed E-state index contributed by atoms with van der Waals surface area (Å²) in [7, 11) is 1.60. The van der Waals surface area contributed by atoms with Gasteiger partial charge in [0, 0.05) is 48.0 Å². The highest BCUT2D eigenvalue weighted by Crippen LogP contribution is 2.23. The highest BCUT2D eigenvalue weighted by molar-refractivity contribution is 6.00. The number of nitrogens with one attached hydrogen (secondary N) is 3. The van der Waals surface area contributed by atoms with E-state index < -0.39 is 0 Å². The molecule has 3 aromatic carbocycles.